The summed E-state index contributed by atoms with van der Waals surface area (Å²) in [6.45, 7) is 5.28. The van der Waals surface area contributed by atoms with Crippen molar-refractivity contribution >= 4 is 45.8 Å². The molecule has 0 aliphatic carbocycles. The maximum absolute atomic E-state index is 13.4. The van der Waals surface area contributed by atoms with Gasteiger partial charge in [0.15, 0.2) is 5.82 Å². The Balaban J connectivity index is 1.47. The quantitative estimate of drug-likeness (QED) is 0.297. The molecule has 35 heavy (non-hydrogen) atoms. The topological polar surface area (TPSA) is 77.6 Å². The molecule has 0 atom stereocenters. The Morgan fingerprint density at radius 1 is 1.09 bits per heavy atom. The van der Waals surface area contributed by atoms with E-state index in [-0.39, 0.29) is 5.91 Å². The number of para-hydroxylation sites is 1. The highest BCUT2D eigenvalue weighted by molar-refractivity contribution is 6.33. The molecule has 0 saturated heterocycles. The number of halogens is 2. The monoisotopic (exact) mass is 504 g/mol. The highest BCUT2D eigenvalue weighted by atomic mass is 35.5. The molecule has 3 heterocycles. The highest BCUT2D eigenvalue weighted by Gasteiger charge is 2.19. The summed E-state index contributed by atoms with van der Waals surface area (Å²) in [5.41, 5.74) is 4.78. The minimum atomic E-state index is -0.316. The summed E-state index contributed by atoms with van der Waals surface area (Å²) in [6, 6.07) is 16.8. The van der Waals surface area contributed by atoms with Gasteiger partial charge in [-0.15, -0.1) is 0 Å². The Morgan fingerprint density at radius 3 is 2.60 bits per heavy atom. The third kappa shape index (κ3) is 4.65. The molecule has 0 saturated carbocycles. The molecule has 1 N–H and O–H groups in total. The molecule has 1 amide bonds. The minimum Gasteiger partial charge on any atom is -0.304 e. The zero-order valence-corrected chi connectivity index (χ0v) is 20.7. The average Bonchev–Trinajstić information content (AvgIpc) is 3.40. The summed E-state index contributed by atoms with van der Waals surface area (Å²) >= 11 is 12.4. The van der Waals surface area contributed by atoms with Gasteiger partial charge in [-0.2, -0.15) is 10.2 Å². The van der Waals surface area contributed by atoms with Crippen molar-refractivity contribution in [3.63, 3.8) is 0 Å². The predicted molar refractivity (Wildman–Crippen MR) is 139 cm³/mol. The Bertz CT molecular complexity index is 1540. The van der Waals surface area contributed by atoms with Crippen molar-refractivity contribution in [3.8, 4) is 11.3 Å². The zero-order valence-electron chi connectivity index (χ0n) is 19.2. The molecule has 0 aliphatic heterocycles. The number of hydrogen-bond acceptors (Lipinski definition) is 4. The van der Waals surface area contributed by atoms with E-state index in [1.807, 2.05) is 67.1 Å². The van der Waals surface area contributed by atoms with Crippen LogP contribution in [0.2, 0.25) is 10.0 Å². The first kappa shape index (κ1) is 23.1. The predicted octanol–water partition coefficient (Wildman–Crippen LogP) is 6.23. The number of carbonyl (C=O) groups is 1. The largest absolute Gasteiger partial charge is 0.304 e. The van der Waals surface area contributed by atoms with Gasteiger partial charge < -0.3 is 5.32 Å². The van der Waals surface area contributed by atoms with Crippen LogP contribution in [-0.2, 0) is 13.1 Å². The summed E-state index contributed by atoms with van der Waals surface area (Å²) in [5, 5.41) is 13.5. The summed E-state index contributed by atoms with van der Waals surface area (Å²) in [5.74, 6) is -0.0212. The van der Waals surface area contributed by atoms with E-state index in [0.717, 1.165) is 34.3 Å². The van der Waals surface area contributed by atoms with Gasteiger partial charge in [0, 0.05) is 34.4 Å². The number of benzene rings is 2. The van der Waals surface area contributed by atoms with E-state index >= 15 is 0 Å². The van der Waals surface area contributed by atoms with E-state index in [9.17, 15) is 4.79 Å². The van der Waals surface area contributed by atoms with Crippen LogP contribution in [0.5, 0.6) is 0 Å². The van der Waals surface area contributed by atoms with Gasteiger partial charge in [-0.25, -0.2) is 4.98 Å². The first-order chi connectivity index (χ1) is 16.9. The van der Waals surface area contributed by atoms with Crippen molar-refractivity contribution in [2.24, 2.45) is 0 Å². The fourth-order valence-corrected chi connectivity index (χ4v) is 4.36. The second-order valence-electron chi connectivity index (χ2n) is 8.14. The van der Waals surface area contributed by atoms with Gasteiger partial charge in [0.25, 0.3) is 5.91 Å². The van der Waals surface area contributed by atoms with Crippen LogP contribution in [0.25, 0.3) is 22.2 Å². The molecule has 9 heteroatoms. The van der Waals surface area contributed by atoms with Crippen LogP contribution in [-0.4, -0.2) is 30.5 Å². The van der Waals surface area contributed by atoms with Crippen LogP contribution in [0.4, 0.5) is 5.82 Å². The number of pyridine rings is 1. The number of rotatable bonds is 6. The number of fused-ring (bicyclic) bond motifs is 1. The van der Waals surface area contributed by atoms with Gasteiger partial charge in [-0.1, -0.05) is 53.5 Å². The lowest BCUT2D eigenvalue weighted by molar-refractivity contribution is 0.102. The summed E-state index contributed by atoms with van der Waals surface area (Å²) < 4.78 is 3.58. The number of nitrogens with one attached hydrogen (secondary N) is 1. The summed E-state index contributed by atoms with van der Waals surface area (Å²) in [7, 11) is 0. The van der Waals surface area contributed by atoms with Crippen LogP contribution in [0.15, 0.2) is 67.0 Å². The fourth-order valence-electron chi connectivity index (χ4n) is 4.03. The van der Waals surface area contributed by atoms with Crippen molar-refractivity contribution < 1.29 is 4.79 Å². The Kier molecular flexibility index (Phi) is 6.28. The lowest BCUT2D eigenvalue weighted by Gasteiger charge is -2.10. The lowest BCUT2D eigenvalue weighted by Crippen LogP contribution is -2.14. The number of carbonyl (C=O) groups excluding carboxylic acids is 1. The number of aryl methyl sites for hydroxylation is 1. The standard InChI is InChI=1S/C26H22Cl2N6O/c1-3-34-16(2)21(13-29-34)24-12-20(19-6-4-5-7-23(19)30-24)26(35)31-25-22(28)15-33(32-25)14-17-8-10-18(27)11-9-17/h4-13,15H,3,14H2,1-2H3,(H,31,32,35). The first-order valence-electron chi connectivity index (χ1n) is 11.1. The zero-order chi connectivity index (χ0) is 24.5. The summed E-state index contributed by atoms with van der Waals surface area (Å²) in [4.78, 5) is 18.2. The minimum absolute atomic E-state index is 0.294. The molecular weight excluding hydrogens is 483 g/mol. The smallest absolute Gasteiger partial charge is 0.257 e. The molecule has 2 aromatic carbocycles. The van der Waals surface area contributed by atoms with E-state index in [2.05, 4.69) is 15.5 Å². The van der Waals surface area contributed by atoms with Gasteiger partial charge in [-0.3, -0.25) is 14.2 Å². The Labute approximate surface area is 212 Å². The van der Waals surface area contributed by atoms with Crippen molar-refractivity contribution in [2.45, 2.75) is 26.9 Å². The Morgan fingerprint density at radius 2 is 1.86 bits per heavy atom. The molecule has 7 nitrogen and oxygen atoms in total. The van der Waals surface area contributed by atoms with E-state index in [4.69, 9.17) is 28.2 Å². The van der Waals surface area contributed by atoms with E-state index in [1.54, 1.807) is 23.1 Å². The van der Waals surface area contributed by atoms with Crippen molar-refractivity contribution in [1.82, 2.24) is 24.5 Å². The molecule has 0 aliphatic rings. The molecule has 0 bridgehead atoms. The SMILES string of the molecule is CCn1ncc(-c2cc(C(=O)Nc3nn(Cc4ccc(Cl)cc4)cc3Cl)c3ccccc3n2)c1C. The van der Waals surface area contributed by atoms with Gasteiger partial charge in [0.1, 0.15) is 5.02 Å². The molecule has 5 rings (SSSR count). The van der Waals surface area contributed by atoms with Crippen LogP contribution in [0.1, 0.15) is 28.5 Å². The van der Waals surface area contributed by atoms with Crippen molar-refractivity contribution in [1.29, 1.82) is 0 Å². The third-order valence-corrected chi connectivity index (χ3v) is 6.37. The second kappa shape index (κ2) is 9.52. The highest BCUT2D eigenvalue weighted by Crippen LogP contribution is 2.28. The van der Waals surface area contributed by atoms with Crippen LogP contribution in [0.3, 0.4) is 0 Å². The normalized spacial score (nSPS) is 11.2. The van der Waals surface area contributed by atoms with E-state index < -0.39 is 0 Å². The van der Waals surface area contributed by atoms with E-state index in [1.165, 1.54) is 0 Å². The Hall–Kier alpha value is -3.68. The van der Waals surface area contributed by atoms with Gasteiger partial charge >= 0.3 is 0 Å². The number of aromatic nitrogens is 5. The van der Waals surface area contributed by atoms with E-state index in [0.29, 0.717) is 33.7 Å². The van der Waals surface area contributed by atoms with Crippen LogP contribution >= 0.6 is 23.2 Å². The molecule has 3 aromatic heterocycles. The second-order valence-corrected chi connectivity index (χ2v) is 8.98. The maximum Gasteiger partial charge on any atom is 0.257 e. The fraction of sp³-hybridized carbons (Fsp3) is 0.154. The van der Waals surface area contributed by atoms with Gasteiger partial charge in [0.05, 0.1) is 29.5 Å². The summed E-state index contributed by atoms with van der Waals surface area (Å²) in [6.07, 6.45) is 3.47. The van der Waals surface area contributed by atoms with Crippen LogP contribution in [0, 0.1) is 6.92 Å². The molecule has 176 valence electrons. The molecular formula is C26H22Cl2N6O. The molecule has 0 radical (unpaired) electrons. The van der Waals surface area contributed by atoms with Crippen LogP contribution < -0.4 is 5.32 Å². The molecule has 0 unspecified atom stereocenters. The van der Waals surface area contributed by atoms with Crippen molar-refractivity contribution in [2.75, 3.05) is 5.32 Å². The molecule has 5 aromatic rings. The van der Waals surface area contributed by atoms with Gasteiger partial charge in [-0.05, 0) is 43.7 Å². The number of anilines is 1. The first-order valence-corrected chi connectivity index (χ1v) is 11.9. The van der Waals surface area contributed by atoms with Crippen molar-refractivity contribution in [3.05, 3.63) is 93.9 Å². The molecule has 0 fully saturated rings. The number of amides is 1. The maximum atomic E-state index is 13.4. The van der Waals surface area contributed by atoms with Gasteiger partial charge in [0.2, 0.25) is 0 Å². The number of nitrogens with zero attached hydrogens (tertiary/aromatic N) is 5. The number of hydrogen-bond donors (Lipinski definition) is 1. The molecule has 0 spiro atoms. The average molecular weight is 505 g/mol. The third-order valence-electron chi connectivity index (χ3n) is 5.85. The lowest BCUT2D eigenvalue weighted by atomic mass is 10.0.